The van der Waals surface area contributed by atoms with Gasteiger partial charge in [-0.3, -0.25) is 4.79 Å². The Hall–Kier alpha value is -2.12. The molecule has 1 aliphatic heterocycles. The number of nitrogens with zero attached hydrogens (tertiary/aromatic N) is 4. The van der Waals surface area contributed by atoms with Gasteiger partial charge in [-0.2, -0.15) is 18.3 Å². The molecule has 1 amide bonds. The van der Waals surface area contributed by atoms with Crippen molar-refractivity contribution in [1.29, 1.82) is 0 Å². The molecule has 2 rings (SSSR count). The second-order valence-corrected chi connectivity index (χ2v) is 4.41. The number of benzene rings is 1. The minimum atomic E-state index is -4.37. The van der Waals surface area contributed by atoms with Gasteiger partial charge in [0, 0.05) is 14.0 Å². The number of alkyl halides is 3. The molecule has 1 heterocycles. The molecule has 1 atom stereocenters. The van der Waals surface area contributed by atoms with Crippen LogP contribution in [0.25, 0.3) is 0 Å². The Labute approximate surface area is 113 Å². The van der Waals surface area contributed by atoms with Gasteiger partial charge in [-0.1, -0.05) is 5.22 Å². The van der Waals surface area contributed by atoms with Gasteiger partial charge in [-0.05, 0) is 24.3 Å². The fourth-order valence-corrected chi connectivity index (χ4v) is 1.84. The summed E-state index contributed by atoms with van der Waals surface area (Å²) < 4.78 is 37.5. The maximum atomic E-state index is 12.5. The van der Waals surface area contributed by atoms with Gasteiger partial charge in [-0.25, -0.2) is 5.01 Å². The molecule has 0 radical (unpaired) electrons. The molecule has 0 saturated carbocycles. The molecular formula is C12H13F3N4O. The monoisotopic (exact) mass is 286 g/mol. The number of halogens is 3. The van der Waals surface area contributed by atoms with E-state index in [1.165, 1.54) is 29.0 Å². The Balaban J connectivity index is 2.22. The van der Waals surface area contributed by atoms with Crippen molar-refractivity contribution in [2.45, 2.75) is 19.3 Å². The Morgan fingerprint density at radius 2 is 1.95 bits per heavy atom. The first-order chi connectivity index (χ1) is 9.30. The minimum absolute atomic E-state index is 0.167. The standard InChI is InChI=1S/C12H13F3N4O/c1-8(20)18(2)11-7-16-17-19(11)10-5-3-9(4-6-10)12(13,14)15/h3-6,11H,7H2,1-2H3. The van der Waals surface area contributed by atoms with Gasteiger partial charge in [0.25, 0.3) is 0 Å². The van der Waals surface area contributed by atoms with Crippen molar-refractivity contribution in [3.63, 3.8) is 0 Å². The molecule has 1 aromatic carbocycles. The van der Waals surface area contributed by atoms with Crippen LogP contribution in [0.4, 0.5) is 18.9 Å². The average molecular weight is 286 g/mol. The van der Waals surface area contributed by atoms with Gasteiger partial charge in [0.15, 0.2) is 0 Å². The van der Waals surface area contributed by atoms with E-state index in [0.717, 1.165) is 12.1 Å². The molecule has 20 heavy (non-hydrogen) atoms. The van der Waals surface area contributed by atoms with E-state index in [0.29, 0.717) is 5.69 Å². The summed E-state index contributed by atoms with van der Waals surface area (Å²) in [5.41, 5.74) is -0.272. The number of carbonyl (C=O) groups is 1. The van der Waals surface area contributed by atoms with Gasteiger partial charge < -0.3 is 4.90 Å². The van der Waals surface area contributed by atoms with Crippen molar-refractivity contribution < 1.29 is 18.0 Å². The molecule has 5 nitrogen and oxygen atoms in total. The molecule has 0 aromatic heterocycles. The van der Waals surface area contributed by atoms with Crippen LogP contribution in [0.15, 0.2) is 34.6 Å². The maximum absolute atomic E-state index is 12.5. The average Bonchev–Trinajstić information content (AvgIpc) is 2.85. The molecule has 0 spiro atoms. The van der Waals surface area contributed by atoms with Crippen LogP contribution in [0.1, 0.15) is 12.5 Å². The smallest absolute Gasteiger partial charge is 0.322 e. The lowest BCUT2D eigenvalue weighted by molar-refractivity contribution is -0.137. The fourth-order valence-electron chi connectivity index (χ4n) is 1.84. The first-order valence-electron chi connectivity index (χ1n) is 5.88. The van der Waals surface area contributed by atoms with Crippen LogP contribution in [0.2, 0.25) is 0 Å². The normalized spacial score (nSPS) is 18.4. The zero-order valence-electron chi connectivity index (χ0n) is 10.9. The summed E-state index contributed by atoms with van der Waals surface area (Å²) in [7, 11) is 1.60. The van der Waals surface area contributed by atoms with Crippen LogP contribution in [0, 0.1) is 0 Å². The third kappa shape index (κ3) is 2.73. The van der Waals surface area contributed by atoms with Crippen LogP contribution in [0.5, 0.6) is 0 Å². The van der Waals surface area contributed by atoms with E-state index in [9.17, 15) is 18.0 Å². The van der Waals surface area contributed by atoms with E-state index in [1.54, 1.807) is 7.05 Å². The first-order valence-corrected chi connectivity index (χ1v) is 5.88. The van der Waals surface area contributed by atoms with E-state index >= 15 is 0 Å². The SMILES string of the molecule is CC(=O)N(C)C1CN=NN1c1ccc(C(F)(F)F)cc1. The summed E-state index contributed by atoms with van der Waals surface area (Å²) in [6.45, 7) is 1.69. The number of likely N-dealkylation sites (N-methyl/N-ethyl adjacent to an activating group) is 1. The number of anilines is 1. The second-order valence-electron chi connectivity index (χ2n) is 4.41. The van der Waals surface area contributed by atoms with Crippen molar-refractivity contribution >= 4 is 11.6 Å². The molecule has 8 heteroatoms. The molecule has 0 saturated heterocycles. The Morgan fingerprint density at radius 3 is 2.45 bits per heavy atom. The molecule has 0 bridgehead atoms. The number of rotatable bonds is 2. The molecular weight excluding hydrogens is 273 g/mol. The van der Waals surface area contributed by atoms with E-state index in [-0.39, 0.29) is 12.5 Å². The Bertz CT molecular complexity index is 526. The molecule has 0 aliphatic carbocycles. The summed E-state index contributed by atoms with van der Waals surface area (Å²) in [6.07, 6.45) is -4.79. The Kier molecular flexibility index (Phi) is 3.65. The van der Waals surface area contributed by atoms with E-state index in [2.05, 4.69) is 10.3 Å². The summed E-state index contributed by atoms with van der Waals surface area (Å²) >= 11 is 0. The molecule has 0 fully saturated rings. The Morgan fingerprint density at radius 1 is 1.35 bits per heavy atom. The highest BCUT2D eigenvalue weighted by Gasteiger charge is 2.32. The highest BCUT2D eigenvalue weighted by atomic mass is 19.4. The largest absolute Gasteiger partial charge is 0.416 e. The third-order valence-corrected chi connectivity index (χ3v) is 3.09. The molecule has 0 N–H and O–H groups in total. The molecule has 1 aromatic rings. The first kappa shape index (κ1) is 14.3. The summed E-state index contributed by atoms with van der Waals surface area (Å²) in [4.78, 5) is 12.8. The highest BCUT2D eigenvalue weighted by Crippen LogP contribution is 2.31. The van der Waals surface area contributed by atoms with Crippen molar-refractivity contribution in [1.82, 2.24) is 4.90 Å². The van der Waals surface area contributed by atoms with Crippen LogP contribution in [-0.4, -0.2) is 30.6 Å². The van der Waals surface area contributed by atoms with Crippen LogP contribution in [-0.2, 0) is 11.0 Å². The lowest BCUT2D eigenvalue weighted by Gasteiger charge is -2.29. The van der Waals surface area contributed by atoms with Gasteiger partial charge in [0.2, 0.25) is 5.91 Å². The minimum Gasteiger partial charge on any atom is -0.322 e. The summed E-state index contributed by atoms with van der Waals surface area (Å²) in [5, 5.41) is 9.13. The number of hydrogen-bond acceptors (Lipinski definition) is 4. The van der Waals surface area contributed by atoms with E-state index in [4.69, 9.17) is 0 Å². The van der Waals surface area contributed by atoms with Gasteiger partial charge in [-0.15, -0.1) is 0 Å². The molecule has 108 valence electrons. The lowest BCUT2D eigenvalue weighted by atomic mass is 10.2. The van der Waals surface area contributed by atoms with E-state index < -0.39 is 17.9 Å². The molecule has 1 aliphatic rings. The topological polar surface area (TPSA) is 48.3 Å². The van der Waals surface area contributed by atoms with Gasteiger partial charge >= 0.3 is 6.18 Å². The van der Waals surface area contributed by atoms with E-state index in [1.807, 2.05) is 0 Å². The maximum Gasteiger partial charge on any atom is 0.416 e. The predicted octanol–water partition coefficient (Wildman–Crippen LogP) is 2.70. The van der Waals surface area contributed by atoms with Gasteiger partial charge in [0.05, 0.1) is 11.3 Å². The van der Waals surface area contributed by atoms with Crippen molar-refractivity contribution in [2.75, 3.05) is 18.6 Å². The van der Waals surface area contributed by atoms with Crippen LogP contribution >= 0.6 is 0 Å². The molecule has 1 unspecified atom stereocenters. The fraction of sp³-hybridized carbons (Fsp3) is 0.417. The lowest BCUT2D eigenvalue weighted by Crippen LogP contribution is -2.45. The number of hydrogen-bond donors (Lipinski definition) is 0. The quantitative estimate of drug-likeness (QED) is 0.839. The van der Waals surface area contributed by atoms with Crippen LogP contribution in [0.3, 0.4) is 0 Å². The highest BCUT2D eigenvalue weighted by molar-refractivity contribution is 5.73. The van der Waals surface area contributed by atoms with Crippen molar-refractivity contribution in [3.05, 3.63) is 29.8 Å². The van der Waals surface area contributed by atoms with Crippen molar-refractivity contribution in [3.8, 4) is 0 Å². The summed E-state index contributed by atoms with van der Waals surface area (Å²) in [5.74, 6) is -0.167. The summed E-state index contributed by atoms with van der Waals surface area (Å²) in [6, 6.07) is 4.59. The number of amides is 1. The van der Waals surface area contributed by atoms with Crippen molar-refractivity contribution in [2.24, 2.45) is 10.3 Å². The third-order valence-electron chi connectivity index (χ3n) is 3.09. The number of carbonyl (C=O) groups excluding carboxylic acids is 1. The predicted molar refractivity (Wildman–Crippen MR) is 65.9 cm³/mol. The van der Waals surface area contributed by atoms with Crippen LogP contribution < -0.4 is 5.01 Å². The zero-order valence-corrected chi connectivity index (χ0v) is 10.9. The zero-order chi connectivity index (χ0) is 14.9. The van der Waals surface area contributed by atoms with Gasteiger partial charge in [0.1, 0.15) is 12.7 Å². The second kappa shape index (κ2) is 5.10.